The number of halogens is 1. The van der Waals surface area contributed by atoms with Gasteiger partial charge in [0.05, 0.1) is 15.6 Å². The number of fused-ring (bicyclic) bond motifs is 1. The summed E-state index contributed by atoms with van der Waals surface area (Å²) in [4.78, 5) is 4.50. The van der Waals surface area contributed by atoms with Gasteiger partial charge >= 0.3 is 0 Å². The Labute approximate surface area is 86.4 Å². The second-order valence-electron chi connectivity index (χ2n) is 3.09. The van der Waals surface area contributed by atoms with Gasteiger partial charge in [-0.05, 0) is 25.5 Å². The van der Waals surface area contributed by atoms with E-state index in [1.54, 1.807) is 11.3 Å². The van der Waals surface area contributed by atoms with Crippen LogP contribution in [0.15, 0.2) is 18.2 Å². The Bertz CT molecular complexity index is 433. The smallest absolute Gasteiger partial charge is 0.111 e. The van der Waals surface area contributed by atoms with Crippen LogP contribution >= 0.6 is 22.9 Å². The van der Waals surface area contributed by atoms with Crippen molar-refractivity contribution in [1.82, 2.24) is 4.98 Å². The molecule has 0 fully saturated rings. The monoisotopic (exact) mass is 211 g/mol. The highest BCUT2D eigenvalue weighted by Crippen LogP contribution is 2.30. The number of aryl methyl sites for hydroxylation is 1. The normalized spacial score (nSPS) is 13.5. The zero-order chi connectivity index (χ0) is 9.42. The first-order valence-electron chi connectivity index (χ1n) is 4.18. The zero-order valence-electron chi connectivity index (χ0n) is 7.54. The Morgan fingerprint density at radius 1 is 1.46 bits per heavy atom. The van der Waals surface area contributed by atoms with Crippen molar-refractivity contribution < 1.29 is 0 Å². The van der Waals surface area contributed by atoms with E-state index in [0.717, 1.165) is 10.5 Å². The van der Waals surface area contributed by atoms with Crippen LogP contribution in [-0.4, -0.2) is 4.98 Å². The first kappa shape index (κ1) is 8.97. The molecule has 1 aromatic heterocycles. The third kappa shape index (κ3) is 1.56. The Morgan fingerprint density at radius 3 is 2.85 bits per heavy atom. The molecule has 0 radical (unpaired) electrons. The van der Waals surface area contributed by atoms with Crippen molar-refractivity contribution in [3.8, 4) is 0 Å². The molecule has 3 heteroatoms. The summed E-state index contributed by atoms with van der Waals surface area (Å²) < 4.78 is 1.22. The van der Waals surface area contributed by atoms with E-state index in [0.29, 0.717) is 0 Å². The highest BCUT2D eigenvalue weighted by Gasteiger charge is 2.09. The fourth-order valence-corrected chi connectivity index (χ4v) is 2.43. The van der Waals surface area contributed by atoms with E-state index in [9.17, 15) is 0 Å². The van der Waals surface area contributed by atoms with Crippen LogP contribution in [0.2, 0.25) is 0 Å². The molecular weight excluding hydrogens is 202 g/mol. The molecule has 1 heterocycles. The molecule has 2 aromatic rings. The number of alkyl halides is 1. The zero-order valence-corrected chi connectivity index (χ0v) is 9.12. The van der Waals surface area contributed by atoms with Crippen molar-refractivity contribution in [2.24, 2.45) is 0 Å². The van der Waals surface area contributed by atoms with Crippen molar-refractivity contribution in [3.63, 3.8) is 0 Å². The number of thiazole rings is 1. The molecule has 1 atom stereocenters. The fourth-order valence-electron chi connectivity index (χ4n) is 1.27. The lowest BCUT2D eigenvalue weighted by molar-refractivity contribution is 1.06. The molecule has 1 unspecified atom stereocenters. The molecule has 68 valence electrons. The van der Waals surface area contributed by atoms with Gasteiger partial charge in [-0.2, -0.15) is 0 Å². The second kappa shape index (κ2) is 3.28. The lowest BCUT2D eigenvalue weighted by atomic mass is 10.2. The maximum absolute atomic E-state index is 5.97. The average molecular weight is 212 g/mol. The number of para-hydroxylation sites is 1. The fraction of sp³-hybridized carbons (Fsp3) is 0.300. The molecule has 0 aliphatic carbocycles. The molecule has 0 amide bonds. The van der Waals surface area contributed by atoms with Crippen molar-refractivity contribution in [2.45, 2.75) is 19.2 Å². The molecule has 0 spiro atoms. The van der Waals surface area contributed by atoms with Crippen LogP contribution in [0.3, 0.4) is 0 Å². The molecule has 2 rings (SSSR count). The van der Waals surface area contributed by atoms with Gasteiger partial charge in [-0.3, -0.25) is 0 Å². The third-order valence-electron chi connectivity index (χ3n) is 1.98. The van der Waals surface area contributed by atoms with Gasteiger partial charge in [0.15, 0.2) is 0 Å². The number of nitrogens with zero attached hydrogens (tertiary/aromatic N) is 1. The number of benzene rings is 1. The summed E-state index contributed by atoms with van der Waals surface area (Å²) in [6.45, 7) is 4.03. The lowest BCUT2D eigenvalue weighted by Crippen LogP contribution is -1.81. The lowest BCUT2D eigenvalue weighted by Gasteiger charge is -1.92. The molecule has 0 aliphatic heterocycles. The van der Waals surface area contributed by atoms with Crippen LogP contribution in [0, 0.1) is 6.92 Å². The largest absolute Gasteiger partial charge is 0.239 e. The van der Waals surface area contributed by atoms with E-state index >= 15 is 0 Å². The summed E-state index contributed by atoms with van der Waals surface area (Å²) >= 11 is 7.65. The minimum Gasteiger partial charge on any atom is -0.239 e. The summed E-state index contributed by atoms with van der Waals surface area (Å²) in [7, 11) is 0. The van der Waals surface area contributed by atoms with Gasteiger partial charge < -0.3 is 0 Å². The van der Waals surface area contributed by atoms with Crippen LogP contribution in [0.5, 0.6) is 0 Å². The summed E-state index contributed by atoms with van der Waals surface area (Å²) in [5.74, 6) is 0. The molecular formula is C10H10ClNS. The average Bonchev–Trinajstić information content (AvgIpc) is 2.49. The van der Waals surface area contributed by atoms with Gasteiger partial charge in [0, 0.05) is 0 Å². The Kier molecular flexibility index (Phi) is 2.26. The SMILES string of the molecule is Cc1cccc2sc(C(C)Cl)nc12. The van der Waals surface area contributed by atoms with Crippen molar-refractivity contribution >= 4 is 33.2 Å². The highest BCUT2D eigenvalue weighted by atomic mass is 35.5. The summed E-state index contributed by atoms with van der Waals surface area (Å²) in [5, 5.41) is 1.02. The van der Waals surface area contributed by atoms with E-state index in [1.807, 2.05) is 6.92 Å². The molecule has 1 nitrogen and oxygen atoms in total. The van der Waals surface area contributed by atoms with Crippen molar-refractivity contribution in [2.75, 3.05) is 0 Å². The van der Waals surface area contributed by atoms with Gasteiger partial charge in [-0.1, -0.05) is 12.1 Å². The Hall–Kier alpha value is -0.600. The Balaban J connectivity index is 2.68. The van der Waals surface area contributed by atoms with E-state index in [2.05, 4.69) is 30.1 Å². The predicted molar refractivity (Wildman–Crippen MR) is 58.6 cm³/mol. The molecule has 0 bridgehead atoms. The van der Waals surface area contributed by atoms with Crippen LogP contribution < -0.4 is 0 Å². The Morgan fingerprint density at radius 2 is 2.23 bits per heavy atom. The first-order chi connectivity index (χ1) is 6.18. The number of hydrogen-bond acceptors (Lipinski definition) is 2. The predicted octanol–water partition coefficient (Wildman–Crippen LogP) is 3.90. The molecule has 1 aromatic carbocycles. The highest BCUT2D eigenvalue weighted by molar-refractivity contribution is 7.18. The van der Waals surface area contributed by atoms with Crippen LogP contribution in [0.25, 0.3) is 10.2 Å². The standard InChI is InChI=1S/C10H10ClNS/c1-6-4-3-5-8-9(6)12-10(13-8)7(2)11/h3-5,7H,1-2H3. The molecule has 0 N–H and O–H groups in total. The van der Waals surface area contributed by atoms with E-state index in [-0.39, 0.29) is 5.38 Å². The quantitative estimate of drug-likeness (QED) is 0.652. The minimum atomic E-state index is 0.0109. The third-order valence-corrected chi connectivity index (χ3v) is 3.52. The molecule has 0 aliphatic rings. The molecule has 13 heavy (non-hydrogen) atoms. The number of aromatic nitrogens is 1. The van der Waals surface area contributed by atoms with Gasteiger partial charge in [0.25, 0.3) is 0 Å². The number of hydrogen-bond donors (Lipinski definition) is 0. The van der Waals surface area contributed by atoms with Crippen molar-refractivity contribution in [1.29, 1.82) is 0 Å². The number of rotatable bonds is 1. The topological polar surface area (TPSA) is 12.9 Å². The second-order valence-corrected chi connectivity index (χ2v) is 4.81. The first-order valence-corrected chi connectivity index (χ1v) is 5.44. The van der Waals surface area contributed by atoms with E-state index in [1.165, 1.54) is 10.3 Å². The molecule has 0 saturated heterocycles. The summed E-state index contributed by atoms with van der Waals surface area (Å²) in [5.41, 5.74) is 2.31. The maximum atomic E-state index is 5.97. The van der Waals surface area contributed by atoms with E-state index < -0.39 is 0 Å². The maximum Gasteiger partial charge on any atom is 0.111 e. The van der Waals surface area contributed by atoms with Gasteiger partial charge in [0.2, 0.25) is 0 Å². The van der Waals surface area contributed by atoms with Crippen LogP contribution in [0.4, 0.5) is 0 Å². The van der Waals surface area contributed by atoms with E-state index in [4.69, 9.17) is 11.6 Å². The molecule has 0 saturated carbocycles. The summed E-state index contributed by atoms with van der Waals surface area (Å²) in [6, 6.07) is 6.21. The van der Waals surface area contributed by atoms with Crippen LogP contribution in [0.1, 0.15) is 22.9 Å². The van der Waals surface area contributed by atoms with Crippen LogP contribution in [-0.2, 0) is 0 Å². The van der Waals surface area contributed by atoms with Gasteiger partial charge in [0.1, 0.15) is 5.01 Å². The minimum absolute atomic E-state index is 0.0109. The van der Waals surface area contributed by atoms with Crippen molar-refractivity contribution in [3.05, 3.63) is 28.8 Å². The van der Waals surface area contributed by atoms with Gasteiger partial charge in [-0.15, -0.1) is 22.9 Å². The summed E-state index contributed by atoms with van der Waals surface area (Å²) in [6.07, 6.45) is 0. The van der Waals surface area contributed by atoms with Gasteiger partial charge in [-0.25, -0.2) is 4.98 Å².